The molecule has 0 aliphatic carbocycles. The number of nitrogens with zero attached hydrogens (tertiary/aromatic N) is 1. The van der Waals surface area contributed by atoms with Gasteiger partial charge in [0.25, 0.3) is 0 Å². The molecule has 2 nitrogen and oxygen atoms in total. The van der Waals surface area contributed by atoms with Gasteiger partial charge < -0.3 is 4.42 Å². The molecule has 7 rings (SSSR count). The molecule has 0 amide bonds. The first kappa shape index (κ1) is 21.6. The summed E-state index contributed by atoms with van der Waals surface area (Å²) in [6.07, 6.45) is 1.98. The summed E-state index contributed by atoms with van der Waals surface area (Å²) in [6.45, 7) is 4.30. The molecule has 0 spiro atoms. The van der Waals surface area contributed by atoms with E-state index in [4.69, 9.17) is 9.40 Å². The van der Waals surface area contributed by atoms with Crippen molar-refractivity contribution in [3.63, 3.8) is 0 Å². The van der Waals surface area contributed by atoms with Crippen molar-refractivity contribution < 1.29 is 4.42 Å². The highest BCUT2D eigenvalue weighted by molar-refractivity contribution is 6.12. The number of aromatic nitrogens is 1. The lowest BCUT2D eigenvalue weighted by Crippen LogP contribution is -1.90. The topological polar surface area (TPSA) is 26.0 Å². The fourth-order valence-electron chi connectivity index (χ4n) is 5.51. The van der Waals surface area contributed by atoms with Gasteiger partial charge in [0, 0.05) is 28.1 Å². The smallest absolute Gasteiger partial charge is 0.145 e. The largest absolute Gasteiger partial charge is 0.455 e. The van der Waals surface area contributed by atoms with Gasteiger partial charge in [-0.15, -0.1) is 0 Å². The Morgan fingerprint density at radius 1 is 0.568 bits per heavy atom. The molecule has 37 heavy (non-hydrogen) atoms. The summed E-state index contributed by atoms with van der Waals surface area (Å²) in [7, 11) is 0. The van der Waals surface area contributed by atoms with Gasteiger partial charge in [0.1, 0.15) is 11.2 Å². The Morgan fingerprint density at radius 2 is 1.38 bits per heavy atom. The van der Waals surface area contributed by atoms with Crippen molar-refractivity contribution in [2.24, 2.45) is 0 Å². The van der Waals surface area contributed by atoms with E-state index in [1.54, 1.807) is 0 Å². The van der Waals surface area contributed by atoms with Crippen molar-refractivity contribution in [2.45, 2.75) is 13.8 Å². The number of pyridine rings is 1. The Morgan fingerprint density at radius 3 is 2.24 bits per heavy atom. The Hall–Kier alpha value is -4.69. The lowest BCUT2D eigenvalue weighted by atomic mass is 9.96. The third-order valence-corrected chi connectivity index (χ3v) is 7.40. The summed E-state index contributed by atoms with van der Waals surface area (Å²) in [5.41, 5.74) is 10.8. The first-order chi connectivity index (χ1) is 18.2. The van der Waals surface area contributed by atoms with E-state index in [2.05, 4.69) is 117 Å². The van der Waals surface area contributed by atoms with Gasteiger partial charge in [0.15, 0.2) is 0 Å². The fourth-order valence-corrected chi connectivity index (χ4v) is 5.51. The minimum Gasteiger partial charge on any atom is -0.455 e. The number of hydrogen-bond donors (Lipinski definition) is 0. The minimum atomic E-state index is 0.893. The molecule has 2 heterocycles. The Labute approximate surface area is 215 Å². The average molecular weight is 476 g/mol. The van der Waals surface area contributed by atoms with Gasteiger partial charge in [-0.3, -0.25) is 4.98 Å². The van der Waals surface area contributed by atoms with Crippen LogP contribution in [0.2, 0.25) is 0 Å². The molecule has 5 aromatic carbocycles. The Kier molecular flexibility index (Phi) is 4.93. The number of aryl methyl sites for hydroxylation is 2. The van der Waals surface area contributed by atoms with Gasteiger partial charge in [-0.25, -0.2) is 0 Å². The third-order valence-electron chi connectivity index (χ3n) is 7.40. The van der Waals surface area contributed by atoms with Crippen molar-refractivity contribution in [1.29, 1.82) is 0 Å². The summed E-state index contributed by atoms with van der Waals surface area (Å²) in [4.78, 5) is 4.88. The van der Waals surface area contributed by atoms with Crippen LogP contribution in [0.1, 0.15) is 11.1 Å². The predicted octanol–water partition coefficient (Wildman–Crippen LogP) is 9.75. The summed E-state index contributed by atoms with van der Waals surface area (Å²) >= 11 is 0. The Balaban J connectivity index is 1.40. The molecule has 0 saturated heterocycles. The van der Waals surface area contributed by atoms with Crippen LogP contribution >= 0.6 is 0 Å². The zero-order chi connectivity index (χ0) is 24.9. The summed E-state index contributed by atoms with van der Waals surface area (Å²) in [5.74, 6) is 0. The Bertz CT molecular complexity index is 1940. The maximum absolute atomic E-state index is 6.61. The lowest BCUT2D eigenvalue weighted by molar-refractivity contribution is 0.670. The van der Waals surface area contributed by atoms with Crippen LogP contribution in [0.15, 0.2) is 120 Å². The van der Waals surface area contributed by atoms with Crippen LogP contribution in [0.5, 0.6) is 0 Å². The molecule has 0 N–H and O–H groups in total. The van der Waals surface area contributed by atoms with Crippen molar-refractivity contribution in [3.05, 3.63) is 127 Å². The van der Waals surface area contributed by atoms with Crippen molar-refractivity contribution in [2.75, 3.05) is 0 Å². The van der Waals surface area contributed by atoms with Crippen LogP contribution in [-0.2, 0) is 0 Å². The summed E-state index contributed by atoms with van der Waals surface area (Å²) in [6, 6.07) is 38.5. The van der Waals surface area contributed by atoms with E-state index in [1.165, 1.54) is 33.0 Å². The summed E-state index contributed by atoms with van der Waals surface area (Å²) < 4.78 is 6.61. The molecule has 0 bridgehead atoms. The molecule has 7 aromatic rings. The van der Waals surface area contributed by atoms with Crippen LogP contribution in [0.25, 0.3) is 66.2 Å². The molecular formula is C35H25NO. The predicted molar refractivity (Wildman–Crippen MR) is 155 cm³/mol. The first-order valence-corrected chi connectivity index (χ1v) is 12.6. The molecule has 0 atom stereocenters. The summed E-state index contributed by atoms with van der Waals surface area (Å²) in [5, 5.41) is 4.78. The van der Waals surface area contributed by atoms with E-state index in [9.17, 15) is 0 Å². The van der Waals surface area contributed by atoms with Crippen LogP contribution in [0.4, 0.5) is 0 Å². The highest BCUT2D eigenvalue weighted by Gasteiger charge is 2.17. The van der Waals surface area contributed by atoms with Gasteiger partial charge in [0.2, 0.25) is 0 Å². The quantitative estimate of drug-likeness (QED) is 0.254. The monoisotopic (exact) mass is 475 g/mol. The average Bonchev–Trinajstić information content (AvgIpc) is 3.33. The lowest BCUT2D eigenvalue weighted by Gasteiger charge is -2.09. The molecule has 0 aliphatic heterocycles. The van der Waals surface area contributed by atoms with Crippen LogP contribution in [0.3, 0.4) is 0 Å². The van der Waals surface area contributed by atoms with Gasteiger partial charge in [-0.1, -0.05) is 84.9 Å². The maximum Gasteiger partial charge on any atom is 0.145 e. The van der Waals surface area contributed by atoms with Gasteiger partial charge in [0.05, 0.1) is 5.69 Å². The van der Waals surface area contributed by atoms with Crippen LogP contribution < -0.4 is 0 Å². The molecule has 0 unspecified atom stereocenters. The highest BCUT2D eigenvalue weighted by Crippen LogP contribution is 2.40. The first-order valence-electron chi connectivity index (χ1n) is 12.6. The SMILES string of the molecule is Cc1cc(-c2ccc(C)c3c2oc2cc(-c4cccc5ccccc45)ccc23)ncc1-c1ccccc1. The molecule has 2 heteroatoms. The van der Waals surface area contributed by atoms with Crippen molar-refractivity contribution in [3.8, 4) is 33.5 Å². The number of benzene rings is 5. The maximum atomic E-state index is 6.61. The van der Waals surface area contributed by atoms with E-state index in [-0.39, 0.29) is 0 Å². The standard InChI is InChI=1S/C35H25NO/c1-22-15-17-29(32-19-23(2)31(21-36-32)25-9-4-3-5-10-25)35-34(22)30-18-16-26(20-33(30)37-35)28-14-8-12-24-11-6-7-13-27(24)28/h3-21H,1-2H3. The zero-order valence-electron chi connectivity index (χ0n) is 20.8. The molecule has 0 saturated carbocycles. The number of fused-ring (bicyclic) bond motifs is 4. The van der Waals surface area contributed by atoms with E-state index in [0.717, 1.165) is 44.3 Å². The van der Waals surface area contributed by atoms with Crippen molar-refractivity contribution >= 4 is 32.7 Å². The molecule has 176 valence electrons. The van der Waals surface area contributed by atoms with E-state index < -0.39 is 0 Å². The highest BCUT2D eigenvalue weighted by atomic mass is 16.3. The van der Waals surface area contributed by atoms with E-state index in [0.29, 0.717) is 0 Å². The van der Waals surface area contributed by atoms with Crippen LogP contribution in [-0.4, -0.2) is 4.98 Å². The molecule has 0 radical (unpaired) electrons. The van der Waals surface area contributed by atoms with Gasteiger partial charge in [-0.2, -0.15) is 0 Å². The number of hydrogen-bond acceptors (Lipinski definition) is 2. The molecule has 0 fully saturated rings. The van der Waals surface area contributed by atoms with E-state index >= 15 is 0 Å². The van der Waals surface area contributed by atoms with Gasteiger partial charge >= 0.3 is 0 Å². The van der Waals surface area contributed by atoms with Crippen molar-refractivity contribution in [1.82, 2.24) is 4.98 Å². The van der Waals surface area contributed by atoms with E-state index in [1.807, 2.05) is 12.3 Å². The molecule has 0 aliphatic rings. The normalized spacial score (nSPS) is 11.5. The second-order valence-corrected chi connectivity index (χ2v) is 9.72. The number of furan rings is 1. The second-order valence-electron chi connectivity index (χ2n) is 9.72. The van der Waals surface area contributed by atoms with Crippen LogP contribution in [0, 0.1) is 13.8 Å². The number of rotatable bonds is 3. The third kappa shape index (κ3) is 3.53. The zero-order valence-corrected chi connectivity index (χ0v) is 20.8. The second kappa shape index (κ2) is 8.46. The minimum absolute atomic E-state index is 0.893. The molecular weight excluding hydrogens is 450 g/mol. The fraction of sp³-hybridized carbons (Fsp3) is 0.0571. The van der Waals surface area contributed by atoms with Gasteiger partial charge in [-0.05, 0) is 76.7 Å². The molecule has 2 aromatic heterocycles.